The van der Waals surface area contributed by atoms with E-state index in [1.807, 2.05) is 60.9 Å². The van der Waals surface area contributed by atoms with E-state index in [1.54, 1.807) is 12.3 Å². The summed E-state index contributed by atoms with van der Waals surface area (Å²) in [5.41, 5.74) is 1.79. The minimum Gasteiger partial charge on any atom is -0.383 e. The lowest BCUT2D eigenvalue weighted by atomic mass is 10.2. The van der Waals surface area contributed by atoms with Crippen LogP contribution in [0.15, 0.2) is 42.6 Å². The van der Waals surface area contributed by atoms with Gasteiger partial charge in [0, 0.05) is 44.3 Å². The van der Waals surface area contributed by atoms with Crippen molar-refractivity contribution in [3.8, 4) is 0 Å². The third-order valence-electron chi connectivity index (χ3n) is 2.73. The molecule has 0 aliphatic carbocycles. The van der Waals surface area contributed by atoms with E-state index in [0.29, 0.717) is 5.69 Å². The van der Waals surface area contributed by atoms with Crippen LogP contribution >= 0.6 is 0 Å². The number of aryl methyl sites for hydroxylation is 1. The highest BCUT2D eigenvalue weighted by Crippen LogP contribution is 2.18. The first-order valence-electron chi connectivity index (χ1n) is 5.53. The molecule has 0 spiro atoms. The molecule has 17 heavy (non-hydrogen) atoms. The molecule has 0 saturated carbocycles. The van der Waals surface area contributed by atoms with E-state index in [2.05, 4.69) is 0 Å². The van der Waals surface area contributed by atoms with Gasteiger partial charge in [0.15, 0.2) is 0 Å². The molecule has 1 aromatic heterocycles. The van der Waals surface area contributed by atoms with Crippen molar-refractivity contribution in [2.75, 3.05) is 14.1 Å². The molecular formula is C14H16N2O. The fourth-order valence-electron chi connectivity index (χ4n) is 1.83. The van der Waals surface area contributed by atoms with Crippen LogP contribution < -0.4 is 0 Å². The first-order chi connectivity index (χ1) is 8.09. The molecule has 0 N–H and O–H groups in total. The summed E-state index contributed by atoms with van der Waals surface area (Å²) in [6, 6.07) is 9.92. The van der Waals surface area contributed by atoms with Crippen LogP contribution in [0.5, 0.6) is 0 Å². The monoisotopic (exact) mass is 228 g/mol. The van der Waals surface area contributed by atoms with Crippen LogP contribution in [-0.4, -0.2) is 29.3 Å². The molecule has 0 saturated heterocycles. The Morgan fingerprint density at radius 1 is 1.29 bits per heavy atom. The number of hydrogen-bond donors (Lipinski definition) is 0. The van der Waals surface area contributed by atoms with Crippen LogP contribution in [0, 0.1) is 0 Å². The number of ketones is 1. The Balaban J connectivity index is 2.42. The van der Waals surface area contributed by atoms with Crippen LogP contribution in [-0.2, 0) is 7.05 Å². The van der Waals surface area contributed by atoms with Gasteiger partial charge in [0.25, 0.3) is 0 Å². The van der Waals surface area contributed by atoms with E-state index in [4.69, 9.17) is 0 Å². The summed E-state index contributed by atoms with van der Waals surface area (Å²) in [6.45, 7) is 0. The maximum Gasteiger partial charge on any atom is 0.203 e. The fraction of sp³-hybridized carbons (Fsp3) is 0.214. The smallest absolute Gasteiger partial charge is 0.203 e. The van der Waals surface area contributed by atoms with Crippen molar-refractivity contribution in [2.45, 2.75) is 0 Å². The van der Waals surface area contributed by atoms with Gasteiger partial charge in [0.2, 0.25) is 5.78 Å². The molecule has 3 nitrogen and oxygen atoms in total. The number of carbonyl (C=O) groups is 1. The topological polar surface area (TPSA) is 25.2 Å². The fourth-order valence-corrected chi connectivity index (χ4v) is 1.83. The first-order valence-corrected chi connectivity index (χ1v) is 5.53. The van der Waals surface area contributed by atoms with E-state index in [9.17, 15) is 4.79 Å². The number of allylic oxidation sites excluding steroid dienone is 1. The Morgan fingerprint density at radius 2 is 2.00 bits per heavy atom. The van der Waals surface area contributed by atoms with Crippen LogP contribution in [0.4, 0.5) is 0 Å². The Bertz CT molecular complexity index is 579. The lowest BCUT2D eigenvalue weighted by molar-refractivity contribution is 0.103. The van der Waals surface area contributed by atoms with Gasteiger partial charge in [0.1, 0.15) is 0 Å². The van der Waals surface area contributed by atoms with E-state index in [0.717, 1.165) is 10.9 Å². The zero-order valence-electron chi connectivity index (χ0n) is 10.3. The summed E-state index contributed by atoms with van der Waals surface area (Å²) < 4.78 is 1.93. The Morgan fingerprint density at radius 3 is 2.65 bits per heavy atom. The average molecular weight is 228 g/mol. The van der Waals surface area contributed by atoms with Crippen molar-refractivity contribution in [3.63, 3.8) is 0 Å². The van der Waals surface area contributed by atoms with Crippen molar-refractivity contribution >= 4 is 16.7 Å². The number of benzene rings is 1. The minimum atomic E-state index is 0.0254. The quantitative estimate of drug-likeness (QED) is 0.595. The molecule has 0 radical (unpaired) electrons. The molecule has 0 amide bonds. The van der Waals surface area contributed by atoms with Gasteiger partial charge in [-0.05, 0) is 12.1 Å². The number of carbonyl (C=O) groups excluding carboxylic acids is 1. The molecule has 2 rings (SSSR count). The number of nitrogens with zero attached hydrogens (tertiary/aromatic N) is 2. The van der Waals surface area contributed by atoms with Crippen molar-refractivity contribution in [1.82, 2.24) is 9.47 Å². The second kappa shape index (κ2) is 4.45. The van der Waals surface area contributed by atoms with Gasteiger partial charge in [0.05, 0.1) is 5.69 Å². The summed E-state index contributed by atoms with van der Waals surface area (Å²) in [4.78, 5) is 13.9. The second-order valence-electron chi connectivity index (χ2n) is 4.29. The lowest BCUT2D eigenvalue weighted by Gasteiger charge is -2.03. The highest BCUT2D eigenvalue weighted by atomic mass is 16.1. The van der Waals surface area contributed by atoms with Crippen LogP contribution in [0.2, 0.25) is 0 Å². The molecule has 3 heteroatoms. The van der Waals surface area contributed by atoms with Gasteiger partial charge in [-0.1, -0.05) is 18.2 Å². The van der Waals surface area contributed by atoms with Crippen molar-refractivity contribution in [3.05, 3.63) is 48.3 Å². The lowest BCUT2D eigenvalue weighted by Crippen LogP contribution is -2.06. The minimum absolute atomic E-state index is 0.0254. The Kier molecular flexibility index (Phi) is 3.00. The molecular weight excluding hydrogens is 212 g/mol. The van der Waals surface area contributed by atoms with Gasteiger partial charge in [-0.2, -0.15) is 0 Å². The SMILES string of the molecule is CN(C)/C=C/C(=O)c1cc2ccccc2n1C. The summed E-state index contributed by atoms with van der Waals surface area (Å²) in [7, 11) is 5.70. The molecule has 0 unspecified atom stereocenters. The molecule has 0 fully saturated rings. The Hall–Kier alpha value is -2.03. The summed E-state index contributed by atoms with van der Waals surface area (Å²) in [5, 5.41) is 1.09. The van der Waals surface area contributed by atoms with Gasteiger partial charge in [-0.25, -0.2) is 0 Å². The van der Waals surface area contributed by atoms with Gasteiger partial charge in [-0.3, -0.25) is 4.79 Å². The molecule has 0 aliphatic rings. The first kappa shape index (κ1) is 11.5. The third kappa shape index (κ3) is 2.23. The predicted octanol–water partition coefficient (Wildman–Crippen LogP) is 2.44. The molecule has 0 atom stereocenters. The van der Waals surface area contributed by atoms with E-state index >= 15 is 0 Å². The molecule has 2 aromatic rings. The molecule has 0 bridgehead atoms. The normalized spacial score (nSPS) is 11.2. The summed E-state index contributed by atoms with van der Waals surface area (Å²) in [6.07, 6.45) is 3.36. The highest BCUT2D eigenvalue weighted by molar-refractivity contribution is 6.06. The van der Waals surface area contributed by atoms with Crippen LogP contribution in [0.1, 0.15) is 10.5 Å². The van der Waals surface area contributed by atoms with Gasteiger partial charge in [-0.15, -0.1) is 0 Å². The third-order valence-corrected chi connectivity index (χ3v) is 2.73. The highest BCUT2D eigenvalue weighted by Gasteiger charge is 2.10. The van der Waals surface area contributed by atoms with Gasteiger partial charge < -0.3 is 9.47 Å². The molecule has 0 aliphatic heterocycles. The average Bonchev–Trinajstić information content (AvgIpc) is 2.64. The number of para-hydroxylation sites is 1. The van der Waals surface area contributed by atoms with Crippen molar-refractivity contribution < 1.29 is 4.79 Å². The van der Waals surface area contributed by atoms with E-state index < -0.39 is 0 Å². The maximum atomic E-state index is 12.0. The van der Waals surface area contributed by atoms with E-state index in [-0.39, 0.29) is 5.78 Å². The number of rotatable bonds is 3. The standard InChI is InChI=1S/C14H16N2O/c1-15(2)9-8-14(17)13-10-11-6-4-5-7-12(11)16(13)3/h4-10H,1-3H3/b9-8+. The molecule has 1 aromatic carbocycles. The number of hydrogen-bond acceptors (Lipinski definition) is 2. The van der Waals surface area contributed by atoms with Gasteiger partial charge >= 0.3 is 0 Å². The van der Waals surface area contributed by atoms with Crippen molar-refractivity contribution in [1.29, 1.82) is 0 Å². The van der Waals surface area contributed by atoms with Crippen LogP contribution in [0.3, 0.4) is 0 Å². The largest absolute Gasteiger partial charge is 0.383 e. The van der Waals surface area contributed by atoms with Crippen molar-refractivity contribution in [2.24, 2.45) is 7.05 Å². The molecule has 1 heterocycles. The summed E-state index contributed by atoms with van der Waals surface area (Å²) in [5.74, 6) is 0.0254. The zero-order chi connectivity index (χ0) is 12.4. The number of fused-ring (bicyclic) bond motifs is 1. The molecule has 88 valence electrons. The number of aromatic nitrogens is 1. The maximum absolute atomic E-state index is 12.0. The predicted molar refractivity (Wildman–Crippen MR) is 70.1 cm³/mol. The van der Waals surface area contributed by atoms with E-state index in [1.165, 1.54) is 0 Å². The van der Waals surface area contributed by atoms with Crippen LogP contribution in [0.25, 0.3) is 10.9 Å². The second-order valence-corrected chi connectivity index (χ2v) is 4.29. The zero-order valence-corrected chi connectivity index (χ0v) is 10.3. The Labute approximate surface area is 101 Å². The summed E-state index contributed by atoms with van der Waals surface area (Å²) >= 11 is 0.